The van der Waals surface area contributed by atoms with Gasteiger partial charge in [0.15, 0.2) is 0 Å². The first-order valence-corrected chi connectivity index (χ1v) is 4.80. The molecule has 5 heteroatoms. The van der Waals surface area contributed by atoms with Crippen molar-refractivity contribution in [2.45, 2.75) is 6.42 Å². The summed E-state index contributed by atoms with van der Waals surface area (Å²) in [4.78, 5) is 4.01. The molecule has 1 aromatic carbocycles. The number of para-hydroxylation sites is 1. The maximum absolute atomic E-state index is 5.39. The van der Waals surface area contributed by atoms with Gasteiger partial charge in [-0.25, -0.2) is 0 Å². The third-order valence-electron chi connectivity index (χ3n) is 2.01. The van der Waals surface area contributed by atoms with Gasteiger partial charge < -0.3 is 11.1 Å². The van der Waals surface area contributed by atoms with E-state index in [1.165, 1.54) is 0 Å². The van der Waals surface area contributed by atoms with E-state index in [2.05, 4.69) is 20.5 Å². The monoisotopic (exact) mass is 203 g/mol. The Bertz CT molecular complexity index is 409. The van der Waals surface area contributed by atoms with Crippen LogP contribution in [0.4, 0.5) is 11.6 Å². The van der Waals surface area contributed by atoms with Gasteiger partial charge in [0.2, 0.25) is 5.95 Å². The van der Waals surface area contributed by atoms with Gasteiger partial charge in [0.25, 0.3) is 0 Å². The zero-order chi connectivity index (χ0) is 10.5. The van der Waals surface area contributed by atoms with E-state index in [1.54, 1.807) is 0 Å². The number of benzene rings is 1. The van der Waals surface area contributed by atoms with E-state index in [9.17, 15) is 0 Å². The van der Waals surface area contributed by atoms with Crippen molar-refractivity contribution in [3.8, 4) is 0 Å². The highest BCUT2D eigenvalue weighted by Gasteiger charge is 1.98. The standard InChI is InChI=1S/C10H13N5/c11-10-13-9(14-15-10)6-7-12-8-4-2-1-3-5-8/h1-5,12H,6-7H2,(H3,11,13,14,15). The van der Waals surface area contributed by atoms with Crippen molar-refractivity contribution in [1.82, 2.24) is 15.2 Å². The minimum atomic E-state index is 0.296. The van der Waals surface area contributed by atoms with Crippen LogP contribution in [0.25, 0.3) is 0 Å². The van der Waals surface area contributed by atoms with E-state index in [4.69, 9.17) is 5.73 Å². The van der Waals surface area contributed by atoms with E-state index >= 15 is 0 Å². The third-order valence-corrected chi connectivity index (χ3v) is 2.01. The lowest BCUT2D eigenvalue weighted by atomic mass is 10.3. The van der Waals surface area contributed by atoms with E-state index in [-0.39, 0.29) is 0 Å². The van der Waals surface area contributed by atoms with Gasteiger partial charge in [0, 0.05) is 18.7 Å². The molecule has 0 atom stereocenters. The molecule has 0 saturated carbocycles. The van der Waals surface area contributed by atoms with Crippen molar-refractivity contribution in [1.29, 1.82) is 0 Å². The molecular weight excluding hydrogens is 190 g/mol. The number of aromatic amines is 1. The molecule has 0 spiro atoms. The number of hydrogen-bond acceptors (Lipinski definition) is 4. The quantitative estimate of drug-likeness (QED) is 0.693. The Hall–Kier alpha value is -2.04. The average Bonchev–Trinajstić information content (AvgIpc) is 2.66. The second-order valence-corrected chi connectivity index (χ2v) is 3.18. The van der Waals surface area contributed by atoms with Gasteiger partial charge in [-0.1, -0.05) is 18.2 Å². The van der Waals surface area contributed by atoms with Crippen molar-refractivity contribution in [3.63, 3.8) is 0 Å². The topological polar surface area (TPSA) is 79.6 Å². The Labute approximate surface area is 87.7 Å². The van der Waals surface area contributed by atoms with Crippen LogP contribution in [0.5, 0.6) is 0 Å². The van der Waals surface area contributed by atoms with Gasteiger partial charge in [0.05, 0.1) is 0 Å². The summed E-state index contributed by atoms with van der Waals surface area (Å²) in [7, 11) is 0. The fraction of sp³-hybridized carbons (Fsp3) is 0.200. The molecule has 0 amide bonds. The SMILES string of the molecule is Nc1n[nH]c(CCNc2ccccc2)n1. The molecular formula is C10H13N5. The molecule has 15 heavy (non-hydrogen) atoms. The summed E-state index contributed by atoms with van der Waals surface area (Å²) in [5.41, 5.74) is 6.49. The van der Waals surface area contributed by atoms with Crippen molar-refractivity contribution in [2.75, 3.05) is 17.6 Å². The number of rotatable bonds is 4. The van der Waals surface area contributed by atoms with Gasteiger partial charge >= 0.3 is 0 Å². The zero-order valence-corrected chi connectivity index (χ0v) is 8.27. The van der Waals surface area contributed by atoms with Crippen LogP contribution in [-0.2, 0) is 6.42 Å². The molecule has 0 aliphatic carbocycles. The number of hydrogen-bond donors (Lipinski definition) is 3. The average molecular weight is 203 g/mol. The summed E-state index contributed by atoms with van der Waals surface area (Å²) >= 11 is 0. The van der Waals surface area contributed by atoms with Crippen molar-refractivity contribution < 1.29 is 0 Å². The normalized spacial score (nSPS) is 10.1. The lowest BCUT2D eigenvalue weighted by Gasteiger charge is -2.03. The highest BCUT2D eigenvalue weighted by atomic mass is 15.3. The van der Waals surface area contributed by atoms with Crippen LogP contribution < -0.4 is 11.1 Å². The first kappa shape index (κ1) is 9.51. The van der Waals surface area contributed by atoms with Gasteiger partial charge in [-0.15, -0.1) is 5.10 Å². The van der Waals surface area contributed by atoms with E-state index < -0.39 is 0 Å². The molecule has 78 valence electrons. The van der Waals surface area contributed by atoms with Crippen LogP contribution in [0.3, 0.4) is 0 Å². The number of nitrogens with one attached hydrogen (secondary N) is 2. The summed E-state index contributed by atoms with van der Waals surface area (Å²) in [5, 5.41) is 9.80. The first-order valence-electron chi connectivity index (χ1n) is 4.80. The Balaban J connectivity index is 1.80. The van der Waals surface area contributed by atoms with Crippen LogP contribution in [0.2, 0.25) is 0 Å². The lowest BCUT2D eigenvalue weighted by molar-refractivity contribution is 0.901. The van der Waals surface area contributed by atoms with Crippen molar-refractivity contribution in [2.24, 2.45) is 0 Å². The minimum absolute atomic E-state index is 0.296. The fourth-order valence-corrected chi connectivity index (χ4v) is 1.30. The zero-order valence-electron chi connectivity index (χ0n) is 8.27. The van der Waals surface area contributed by atoms with Crippen LogP contribution in [0.1, 0.15) is 5.82 Å². The molecule has 1 heterocycles. The second kappa shape index (κ2) is 4.45. The smallest absolute Gasteiger partial charge is 0.239 e. The molecule has 0 aliphatic heterocycles. The number of anilines is 2. The van der Waals surface area contributed by atoms with Crippen molar-refractivity contribution in [3.05, 3.63) is 36.2 Å². The molecule has 0 fully saturated rings. The molecule has 2 rings (SSSR count). The Morgan fingerprint density at radius 1 is 1.27 bits per heavy atom. The summed E-state index contributed by atoms with van der Waals surface area (Å²) in [6.07, 6.45) is 0.777. The molecule has 0 saturated heterocycles. The van der Waals surface area contributed by atoms with Gasteiger partial charge in [-0.2, -0.15) is 4.98 Å². The number of nitrogens with two attached hydrogens (primary N) is 1. The van der Waals surface area contributed by atoms with Crippen LogP contribution in [0.15, 0.2) is 30.3 Å². The van der Waals surface area contributed by atoms with Crippen LogP contribution in [0, 0.1) is 0 Å². The molecule has 0 radical (unpaired) electrons. The first-order chi connectivity index (χ1) is 7.34. The largest absolute Gasteiger partial charge is 0.385 e. The molecule has 0 aliphatic rings. The van der Waals surface area contributed by atoms with Gasteiger partial charge in [-0.05, 0) is 12.1 Å². The summed E-state index contributed by atoms with van der Waals surface area (Å²) < 4.78 is 0. The summed E-state index contributed by atoms with van der Waals surface area (Å²) in [5.74, 6) is 1.10. The number of H-pyrrole nitrogens is 1. The van der Waals surface area contributed by atoms with Gasteiger partial charge in [-0.3, -0.25) is 5.10 Å². The highest BCUT2D eigenvalue weighted by Crippen LogP contribution is 2.04. The second-order valence-electron chi connectivity index (χ2n) is 3.18. The number of aromatic nitrogens is 3. The van der Waals surface area contributed by atoms with Crippen LogP contribution >= 0.6 is 0 Å². The van der Waals surface area contributed by atoms with Crippen molar-refractivity contribution >= 4 is 11.6 Å². The molecule has 0 bridgehead atoms. The van der Waals surface area contributed by atoms with E-state index in [1.807, 2.05) is 30.3 Å². The summed E-state index contributed by atoms with van der Waals surface area (Å²) in [6, 6.07) is 10.0. The molecule has 1 aromatic heterocycles. The Kier molecular flexibility index (Phi) is 2.82. The minimum Gasteiger partial charge on any atom is -0.385 e. The Morgan fingerprint density at radius 3 is 2.73 bits per heavy atom. The maximum Gasteiger partial charge on any atom is 0.239 e. The molecule has 5 nitrogen and oxygen atoms in total. The number of nitrogens with zero attached hydrogens (tertiary/aromatic N) is 2. The predicted octanol–water partition coefficient (Wildman–Crippen LogP) is 1.04. The van der Waals surface area contributed by atoms with Gasteiger partial charge in [0.1, 0.15) is 5.82 Å². The molecule has 4 N–H and O–H groups in total. The van der Waals surface area contributed by atoms with E-state index in [0.717, 1.165) is 24.5 Å². The Morgan fingerprint density at radius 2 is 2.07 bits per heavy atom. The lowest BCUT2D eigenvalue weighted by Crippen LogP contribution is -2.05. The fourth-order valence-electron chi connectivity index (χ4n) is 1.30. The predicted molar refractivity (Wildman–Crippen MR) is 59.4 cm³/mol. The summed E-state index contributed by atoms with van der Waals surface area (Å²) in [6.45, 7) is 0.804. The van der Waals surface area contributed by atoms with E-state index in [0.29, 0.717) is 5.95 Å². The third kappa shape index (κ3) is 2.70. The van der Waals surface area contributed by atoms with Crippen LogP contribution in [-0.4, -0.2) is 21.7 Å². The maximum atomic E-state index is 5.39. The number of nitrogen functional groups attached to an aromatic ring is 1. The molecule has 0 unspecified atom stereocenters. The highest BCUT2D eigenvalue weighted by molar-refractivity contribution is 5.42. The molecule has 2 aromatic rings.